The van der Waals surface area contributed by atoms with Crippen LogP contribution in [0.2, 0.25) is 0 Å². The van der Waals surface area contributed by atoms with Crippen LogP contribution in [0, 0.1) is 0 Å². The molecule has 1 rings (SSSR count). The average Bonchev–Trinajstić information content (AvgIpc) is 2.19. The van der Waals surface area contributed by atoms with Gasteiger partial charge in [0.1, 0.15) is 6.61 Å². The molecule has 2 nitrogen and oxygen atoms in total. The minimum Gasteiger partial charge on any atom is -0.497 e. The minimum absolute atomic E-state index is 0.330. The van der Waals surface area contributed by atoms with Crippen molar-refractivity contribution in [2.24, 2.45) is 0 Å². The molecule has 0 amide bonds. The van der Waals surface area contributed by atoms with Gasteiger partial charge >= 0.3 is 0 Å². The molecule has 0 unspecified atom stereocenters. The van der Waals surface area contributed by atoms with Crippen LogP contribution < -0.4 is 0 Å². The third kappa shape index (κ3) is 4.73. The van der Waals surface area contributed by atoms with Gasteiger partial charge < -0.3 is 9.84 Å². The molecule has 0 bridgehead atoms. The third-order valence-corrected chi connectivity index (χ3v) is 2.19. The topological polar surface area (TPSA) is 29.5 Å². The van der Waals surface area contributed by atoms with Gasteiger partial charge in [-0.25, -0.2) is 0 Å². The smallest absolute Gasteiger partial charge is 0.106 e. The molecule has 0 saturated heterocycles. The Balaban J connectivity index is 1.99. The summed E-state index contributed by atoms with van der Waals surface area (Å²) in [6.07, 6.45) is 11.6. The molecule has 13 heavy (non-hydrogen) atoms. The fourth-order valence-corrected chi connectivity index (χ4v) is 1.39. The van der Waals surface area contributed by atoms with Crippen LogP contribution in [0.25, 0.3) is 0 Å². The monoisotopic (exact) mass is 182 g/mol. The molecule has 0 aromatic rings. The van der Waals surface area contributed by atoms with Crippen molar-refractivity contribution in [2.75, 3.05) is 13.2 Å². The summed E-state index contributed by atoms with van der Waals surface area (Å²) in [7, 11) is 0. The average molecular weight is 182 g/mol. The van der Waals surface area contributed by atoms with Crippen molar-refractivity contribution < 1.29 is 9.84 Å². The molecule has 0 aromatic carbocycles. The molecule has 0 saturated carbocycles. The van der Waals surface area contributed by atoms with Crippen LogP contribution in [0.5, 0.6) is 0 Å². The zero-order valence-corrected chi connectivity index (χ0v) is 8.04. The van der Waals surface area contributed by atoms with Crippen LogP contribution in [-0.4, -0.2) is 18.3 Å². The molecule has 1 aliphatic heterocycles. The number of aliphatic hydroxyl groups is 1. The number of ether oxygens (including phenoxy) is 1. The first-order chi connectivity index (χ1) is 6.43. The summed E-state index contributed by atoms with van der Waals surface area (Å²) < 4.78 is 5.05. The van der Waals surface area contributed by atoms with Crippen LogP contribution in [0.15, 0.2) is 24.0 Å². The summed E-state index contributed by atoms with van der Waals surface area (Å²) in [4.78, 5) is 0. The van der Waals surface area contributed by atoms with Gasteiger partial charge in [-0.05, 0) is 37.0 Å². The quantitative estimate of drug-likeness (QED) is 0.639. The van der Waals surface area contributed by atoms with E-state index >= 15 is 0 Å². The summed E-state index contributed by atoms with van der Waals surface area (Å²) >= 11 is 0. The second kappa shape index (κ2) is 6.72. The van der Waals surface area contributed by atoms with E-state index in [0.717, 1.165) is 25.9 Å². The summed E-state index contributed by atoms with van der Waals surface area (Å²) in [6.45, 7) is 1.05. The Bertz CT molecular complexity index is 183. The maximum atomic E-state index is 8.58. The fraction of sp³-hybridized carbons (Fsp3) is 0.636. The van der Waals surface area contributed by atoms with Crippen LogP contribution >= 0.6 is 0 Å². The van der Waals surface area contributed by atoms with Crippen molar-refractivity contribution in [1.29, 1.82) is 0 Å². The van der Waals surface area contributed by atoms with Gasteiger partial charge in [0, 0.05) is 6.61 Å². The molecule has 0 aromatic heterocycles. The standard InChI is InChI=1S/C11H18O2/c12-8-4-2-1-3-5-11-6-9-13-10-7-11/h6-7,9,12H,1-5,8,10H2. The summed E-state index contributed by atoms with van der Waals surface area (Å²) in [5.74, 6) is 0. The number of aliphatic hydroxyl groups excluding tert-OH is 1. The van der Waals surface area contributed by atoms with Gasteiger partial charge in [0.05, 0.1) is 6.26 Å². The van der Waals surface area contributed by atoms with Gasteiger partial charge in [-0.3, -0.25) is 0 Å². The number of rotatable bonds is 6. The SMILES string of the molecule is OCCCCCCC1=CCOC=C1. The Labute approximate surface area is 79.9 Å². The van der Waals surface area contributed by atoms with Gasteiger partial charge in [-0.15, -0.1) is 0 Å². The maximum Gasteiger partial charge on any atom is 0.106 e. The first kappa shape index (κ1) is 10.3. The van der Waals surface area contributed by atoms with Gasteiger partial charge in [-0.1, -0.05) is 12.8 Å². The van der Waals surface area contributed by atoms with Gasteiger partial charge in [0.15, 0.2) is 0 Å². The van der Waals surface area contributed by atoms with E-state index in [4.69, 9.17) is 9.84 Å². The number of allylic oxidation sites excluding steroid dienone is 2. The van der Waals surface area contributed by atoms with E-state index in [-0.39, 0.29) is 0 Å². The normalized spacial score (nSPS) is 15.3. The second-order valence-corrected chi connectivity index (χ2v) is 3.30. The molecule has 0 radical (unpaired) electrons. The predicted molar refractivity (Wildman–Crippen MR) is 53.3 cm³/mol. The molecule has 0 spiro atoms. The van der Waals surface area contributed by atoms with Crippen molar-refractivity contribution in [3.63, 3.8) is 0 Å². The predicted octanol–water partition coefficient (Wildman–Crippen LogP) is 2.40. The van der Waals surface area contributed by atoms with Gasteiger partial charge in [-0.2, -0.15) is 0 Å². The summed E-state index contributed by atoms with van der Waals surface area (Å²) in [5, 5.41) is 8.58. The summed E-state index contributed by atoms with van der Waals surface area (Å²) in [6, 6.07) is 0. The Morgan fingerprint density at radius 2 is 2.08 bits per heavy atom. The van der Waals surface area contributed by atoms with Crippen molar-refractivity contribution in [2.45, 2.75) is 32.1 Å². The lowest BCUT2D eigenvalue weighted by molar-refractivity contribution is 0.281. The first-order valence-electron chi connectivity index (χ1n) is 5.01. The van der Waals surface area contributed by atoms with Crippen LogP contribution in [-0.2, 0) is 4.74 Å². The van der Waals surface area contributed by atoms with E-state index in [1.165, 1.54) is 18.4 Å². The number of unbranched alkanes of at least 4 members (excludes halogenated alkanes) is 3. The Kier molecular flexibility index (Phi) is 5.34. The second-order valence-electron chi connectivity index (χ2n) is 3.30. The highest BCUT2D eigenvalue weighted by Gasteiger charge is 1.97. The van der Waals surface area contributed by atoms with Crippen molar-refractivity contribution in [3.8, 4) is 0 Å². The lowest BCUT2D eigenvalue weighted by Gasteiger charge is -2.07. The number of hydrogen-bond donors (Lipinski definition) is 1. The Morgan fingerprint density at radius 3 is 2.77 bits per heavy atom. The Morgan fingerprint density at radius 1 is 1.23 bits per heavy atom. The van der Waals surface area contributed by atoms with Crippen LogP contribution in [0.3, 0.4) is 0 Å². The largest absolute Gasteiger partial charge is 0.497 e. The molecule has 2 heteroatoms. The molecule has 74 valence electrons. The molecule has 1 heterocycles. The molecule has 0 aliphatic carbocycles. The zero-order valence-electron chi connectivity index (χ0n) is 8.04. The van der Waals surface area contributed by atoms with E-state index in [1.807, 2.05) is 6.08 Å². The lowest BCUT2D eigenvalue weighted by atomic mass is 10.1. The highest BCUT2D eigenvalue weighted by Crippen LogP contribution is 2.13. The number of hydrogen-bond acceptors (Lipinski definition) is 2. The molecule has 0 fully saturated rings. The van der Waals surface area contributed by atoms with Crippen molar-refractivity contribution in [3.05, 3.63) is 24.0 Å². The van der Waals surface area contributed by atoms with E-state index in [9.17, 15) is 0 Å². The zero-order chi connectivity index (χ0) is 9.36. The molecule has 1 aliphatic rings. The van der Waals surface area contributed by atoms with E-state index in [2.05, 4.69) is 6.08 Å². The molecular weight excluding hydrogens is 164 g/mol. The first-order valence-corrected chi connectivity index (χ1v) is 5.01. The summed E-state index contributed by atoms with van der Waals surface area (Å²) in [5.41, 5.74) is 1.38. The highest BCUT2D eigenvalue weighted by molar-refractivity contribution is 5.19. The lowest BCUT2D eigenvalue weighted by Crippen LogP contribution is -1.92. The maximum absolute atomic E-state index is 8.58. The van der Waals surface area contributed by atoms with E-state index in [0.29, 0.717) is 6.61 Å². The van der Waals surface area contributed by atoms with Gasteiger partial charge in [0.2, 0.25) is 0 Å². The molecular formula is C11H18O2. The fourth-order valence-electron chi connectivity index (χ4n) is 1.39. The highest BCUT2D eigenvalue weighted by atomic mass is 16.5. The molecule has 1 N–H and O–H groups in total. The van der Waals surface area contributed by atoms with Crippen LogP contribution in [0.1, 0.15) is 32.1 Å². The van der Waals surface area contributed by atoms with E-state index < -0.39 is 0 Å². The van der Waals surface area contributed by atoms with E-state index in [1.54, 1.807) is 6.26 Å². The Hall–Kier alpha value is -0.760. The van der Waals surface area contributed by atoms with Crippen molar-refractivity contribution in [1.82, 2.24) is 0 Å². The molecule has 0 atom stereocenters. The van der Waals surface area contributed by atoms with Crippen molar-refractivity contribution >= 4 is 0 Å². The minimum atomic E-state index is 0.330. The third-order valence-electron chi connectivity index (χ3n) is 2.19. The van der Waals surface area contributed by atoms with Gasteiger partial charge in [0.25, 0.3) is 0 Å². The van der Waals surface area contributed by atoms with Crippen LogP contribution in [0.4, 0.5) is 0 Å².